The van der Waals surface area contributed by atoms with E-state index in [2.05, 4.69) is 6.92 Å². The molecule has 0 aromatic heterocycles. The Balaban J connectivity index is 3.07. The molecule has 3 N–H and O–H groups in total. The van der Waals surface area contributed by atoms with Crippen molar-refractivity contribution in [3.63, 3.8) is 0 Å². The predicted octanol–water partition coefficient (Wildman–Crippen LogP) is 4.01. The molecule has 0 aromatic rings. The van der Waals surface area contributed by atoms with Crippen molar-refractivity contribution >= 4 is 0 Å². The SMILES string of the molecule is CCCCCCCCCCCC(N)CC(C)O. The summed E-state index contributed by atoms with van der Waals surface area (Å²) in [5, 5.41) is 9.19. The van der Waals surface area contributed by atoms with Crippen molar-refractivity contribution in [1.82, 2.24) is 0 Å². The van der Waals surface area contributed by atoms with Gasteiger partial charge in [0.05, 0.1) is 6.10 Å². The van der Waals surface area contributed by atoms with Gasteiger partial charge < -0.3 is 10.8 Å². The van der Waals surface area contributed by atoms with Crippen LogP contribution in [0.3, 0.4) is 0 Å². The van der Waals surface area contributed by atoms with Crippen molar-refractivity contribution in [3.8, 4) is 0 Å². The molecule has 0 heterocycles. The van der Waals surface area contributed by atoms with Gasteiger partial charge in [0, 0.05) is 6.04 Å². The molecular formula is C15H33NO. The Hall–Kier alpha value is -0.0800. The molecule has 17 heavy (non-hydrogen) atoms. The fraction of sp³-hybridized carbons (Fsp3) is 1.00. The number of rotatable bonds is 12. The van der Waals surface area contributed by atoms with Crippen LogP contribution < -0.4 is 5.73 Å². The summed E-state index contributed by atoms with van der Waals surface area (Å²) >= 11 is 0. The smallest absolute Gasteiger partial charge is 0.0526 e. The molecule has 0 saturated heterocycles. The molecule has 0 saturated carbocycles. The summed E-state index contributed by atoms with van der Waals surface area (Å²) in [5.74, 6) is 0. The van der Waals surface area contributed by atoms with Gasteiger partial charge in [0.1, 0.15) is 0 Å². The summed E-state index contributed by atoms with van der Waals surface area (Å²) in [6, 6.07) is 0.194. The third kappa shape index (κ3) is 13.9. The zero-order valence-electron chi connectivity index (χ0n) is 12.0. The monoisotopic (exact) mass is 243 g/mol. The highest BCUT2D eigenvalue weighted by Gasteiger charge is 2.05. The highest BCUT2D eigenvalue weighted by molar-refractivity contribution is 4.64. The lowest BCUT2D eigenvalue weighted by Gasteiger charge is -2.12. The minimum Gasteiger partial charge on any atom is -0.393 e. The number of unbranched alkanes of at least 4 members (excludes halogenated alkanes) is 8. The van der Waals surface area contributed by atoms with Crippen molar-refractivity contribution in [2.45, 2.75) is 96.6 Å². The van der Waals surface area contributed by atoms with Gasteiger partial charge in [-0.25, -0.2) is 0 Å². The summed E-state index contributed by atoms with van der Waals surface area (Å²) < 4.78 is 0. The largest absolute Gasteiger partial charge is 0.393 e. The zero-order valence-corrected chi connectivity index (χ0v) is 12.0. The van der Waals surface area contributed by atoms with Gasteiger partial charge in [-0.3, -0.25) is 0 Å². The molecule has 0 aliphatic carbocycles. The topological polar surface area (TPSA) is 46.2 Å². The molecule has 0 rings (SSSR count). The Kier molecular flexibility index (Phi) is 12.3. The van der Waals surface area contributed by atoms with Crippen LogP contribution in [0.4, 0.5) is 0 Å². The first-order valence-corrected chi connectivity index (χ1v) is 7.60. The van der Waals surface area contributed by atoms with Crippen LogP contribution in [-0.2, 0) is 0 Å². The molecule has 0 fully saturated rings. The van der Waals surface area contributed by atoms with Crippen LogP contribution in [0.1, 0.15) is 84.5 Å². The number of aliphatic hydroxyl groups is 1. The van der Waals surface area contributed by atoms with Gasteiger partial charge in [0.25, 0.3) is 0 Å². The van der Waals surface area contributed by atoms with Crippen LogP contribution >= 0.6 is 0 Å². The Bertz CT molecular complexity index is 148. The first-order chi connectivity index (χ1) is 8.16. The van der Waals surface area contributed by atoms with Crippen molar-refractivity contribution < 1.29 is 5.11 Å². The van der Waals surface area contributed by atoms with E-state index in [4.69, 9.17) is 5.73 Å². The van der Waals surface area contributed by atoms with Gasteiger partial charge in [-0.15, -0.1) is 0 Å². The fourth-order valence-electron chi connectivity index (χ4n) is 2.27. The predicted molar refractivity (Wildman–Crippen MR) is 76.1 cm³/mol. The molecule has 0 radical (unpaired) electrons. The Morgan fingerprint density at radius 1 is 0.882 bits per heavy atom. The van der Waals surface area contributed by atoms with Gasteiger partial charge in [-0.2, -0.15) is 0 Å². The standard InChI is InChI=1S/C15H33NO/c1-3-4-5-6-7-8-9-10-11-12-15(16)13-14(2)17/h14-15,17H,3-13,16H2,1-2H3. The maximum atomic E-state index is 9.19. The van der Waals surface area contributed by atoms with Crippen molar-refractivity contribution in [3.05, 3.63) is 0 Å². The highest BCUT2D eigenvalue weighted by Crippen LogP contribution is 2.12. The van der Waals surface area contributed by atoms with E-state index in [1.165, 1.54) is 57.8 Å². The molecule has 0 spiro atoms. The lowest BCUT2D eigenvalue weighted by atomic mass is 10.0. The van der Waals surface area contributed by atoms with Crippen LogP contribution in [-0.4, -0.2) is 17.3 Å². The highest BCUT2D eigenvalue weighted by atomic mass is 16.3. The van der Waals surface area contributed by atoms with Gasteiger partial charge in [-0.1, -0.05) is 64.7 Å². The summed E-state index contributed by atoms with van der Waals surface area (Å²) in [4.78, 5) is 0. The van der Waals surface area contributed by atoms with Gasteiger partial charge in [0.15, 0.2) is 0 Å². The Labute approximate surface area is 108 Å². The van der Waals surface area contributed by atoms with E-state index in [1.807, 2.05) is 6.92 Å². The quantitative estimate of drug-likeness (QED) is 0.509. The van der Waals surface area contributed by atoms with E-state index >= 15 is 0 Å². The number of hydrogen-bond donors (Lipinski definition) is 2. The second-order valence-corrected chi connectivity index (χ2v) is 5.46. The summed E-state index contributed by atoms with van der Waals surface area (Å²) in [6.07, 6.45) is 13.8. The zero-order chi connectivity index (χ0) is 12.9. The second-order valence-electron chi connectivity index (χ2n) is 5.46. The molecule has 0 aromatic carbocycles. The average molecular weight is 243 g/mol. The van der Waals surface area contributed by atoms with E-state index in [0.29, 0.717) is 0 Å². The van der Waals surface area contributed by atoms with Crippen LogP contribution in [0.25, 0.3) is 0 Å². The average Bonchev–Trinajstić information content (AvgIpc) is 2.26. The molecule has 104 valence electrons. The van der Waals surface area contributed by atoms with Crippen molar-refractivity contribution in [2.75, 3.05) is 0 Å². The molecule has 2 nitrogen and oxygen atoms in total. The second kappa shape index (κ2) is 12.4. The van der Waals surface area contributed by atoms with Gasteiger partial charge >= 0.3 is 0 Å². The summed E-state index contributed by atoms with van der Waals surface area (Å²) in [5.41, 5.74) is 5.91. The minimum atomic E-state index is -0.247. The molecule has 0 aliphatic heterocycles. The molecule has 2 unspecified atom stereocenters. The third-order valence-electron chi connectivity index (χ3n) is 3.32. The van der Waals surface area contributed by atoms with E-state index in [-0.39, 0.29) is 12.1 Å². The molecule has 0 amide bonds. The van der Waals surface area contributed by atoms with Crippen LogP contribution in [0.15, 0.2) is 0 Å². The first kappa shape index (κ1) is 16.9. The fourth-order valence-corrected chi connectivity index (χ4v) is 2.27. The van der Waals surface area contributed by atoms with Crippen LogP contribution in [0, 0.1) is 0 Å². The van der Waals surface area contributed by atoms with Crippen LogP contribution in [0.5, 0.6) is 0 Å². The molecule has 0 bridgehead atoms. The summed E-state index contributed by atoms with van der Waals surface area (Å²) in [6.45, 7) is 4.08. The minimum absolute atomic E-state index is 0.194. The molecular weight excluding hydrogens is 210 g/mol. The van der Waals surface area contributed by atoms with E-state index < -0.39 is 0 Å². The third-order valence-corrected chi connectivity index (χ3v) is 3.32. The summed E-state index contributed by atoms with van der Waals surface area (Å²) in [7, 11) is 0. The molecule has 2 heteroatoms. The van der Waals surface area contributed by atoms with Gasteiger partial charge in [-0.05, 0) is 19.8 Å². The Morgan fingerprint density at radius 2 is 1.35 bits per heavy atom. The maximum absolute atomic E-state index is 9.19. The lowest BCUT2D eigenvalue weighted by Crippen LogP contribution is -2.24. The van der Waals surface area contributed by atoms with Crippen molar-refractivity contribution in [1.29, 1.82) is 0 Å². The number of nitrogens with two attached hydrogens (primary N) is 1. The normalized spacial score (nSPS) is 14.8. The molecule has 2 atom stereocenters. The first-order valence-electron chi connectivity index (χ1n) is 7.60. The van der Waals surface area contributed by atoms with E-state index in [0.717, 1.165) is 12.8 Å². The number of hydrogen-bond acceptors (Lipinski definition) is 2. The number of aliphatic hydroxyl groups excluding tert-OH is 1. The van der Waals surface area contributed by atoms with E-state index in [9.17, 15) is 5.11 Å². The lowest BCUT2D eigenvalue weighted by molar-refractivity contribution is 0.172. The Morgan fingerprint density at radius 3 is 1.82 bits per heavy atom. The molecule has 0 aliphatic rings. The van der Waals surface area contributed by atoms with Crippen molar-refractivity contribution in [2.24, 2.45) is 5.73 Å². The van der Waals surface area contributed by atoms with E-state index in [1.54, 1.807) is 0 Å². The van der Waals surface area contributed by atoms with Crippen LogP contribution in [0.2, 0.25) is 0 Å². The van der Waals surface area contributed by atoms with Gasteiger partial charge in [0.2, 0.25) is 0 Å². The maximum Gasteiger partial charge on any atom is 0.0526 e.